The smallest absolute Gasteiger partial charge is 0.224 e. The molecule has 1 saturated heterocycles. The summed E-state index contributed by atoms with van der Waals surface area (Å²) in [6.07, 6.45) is 2.90. The third kappa shape index (κ3) is 6.10. The first-order valence-corrected chi connectivity index (χ1v) is 11.6. The molecule has 1 atom stereocenters. The molecular formula is C20H32N2O5S. The molecule has 0 radical (unpaired) electrons. The lowest BCUT2D eigenvalue weighted by Crippen LogP contribution is -2.45. The van der Waals surface area contributed by atoms with Gasteiger partial charge in [0, 0.05) is 19.6 Å². The van der Waals surface area contributed by atoms with Gasteiger partial charge in [0.15, 0.2) is 11.5 Å². The summed E-state index contributed by atoms with van der Waals surface area (Å²) < 4.78 is 37.0. The van der Waals surface area contributed by atoms with Crippen molar-refractivity contribution in [2.24, 2.45) is 5.92 Å². The number of hydrogen-bond donors (Lipinski definition) is 1. The minimum atomic E-state index is -3.27. The quantitative estimate of drug-likeness (QED) is 0.638. The Morgan fingerprint density at radius 3 is 2.71 bits per heavy atom. The van der Waals surface area contributed by atoms with Crippen LogP contribution in [0, 0.1) is 5.92 Å². The first-order chi connectivity index (χ1) is 13.4. The van der Waals surface area contributed by atoms with Crippen LogP contribution >= 0.6 is 0 Å². The molecule has 0 aromatic heterocycles. The summed E-state index contributed by atoms with van der Waals surface area (Å²) in [6.45, 7) is 5.63. The van der Waals surface area contributed by atoms with Crippen LogP contribution in [-0.2, 0) is 21.4 Å². The van der Waals surface area contributed by atoms with Gasteiger partial charge < -0.3 is 14.8 Å². The highest BCUT2D eigenvalue weighted by Crippen LogP contribution is 2.28. The molecule has 1 aromatic carbocycles. The van der Waals surface area contributed by atoms with Crippen molar-refractivity contribution in [1.29, 1.82) is 0 Å². The Bertz CT molecular complexity index is 751. The van der Waals surface area contributed by atoms with E-state index in [9.17, 15) is 13.2 Å². The van der Waals surface area contributed by atoms with Crippen LogP contribution in [0.15, 0.2) is 18.2 Å². The number of carbonyl (C=O) groups excluding carboxylic acids is 1. The van der Waals surface area contributed by atoms with E-state index in [1.54, 1.807) is 7.11 Å². The maximum atomic E-state index is 12.6. The van der Waals surface area contributed by atoms with Crippen LogP contribution in [0.5, 0.6) is 11.5 Å². The number of nitrogens with one attached hydrogen (secondary N) is 1. The van der Waals surface area contributed by atoms with Crippen LogP contribution in [0.4, 0.5) is 0 Å². The van der Waals surface area contributed by atoms with Crippen LogP contribution < -0.4 is 14.8 Å². The summed E-state index contributed by atoms with van der Waals surface area (Å²) >= 11 is 0. The second kappa shape index (κ2) is 10.7. The average molecular weight is 413 g/mol. The molecule has 1 heterocycles. The Morgan fingerprint density at radius 2 is 2.04 bits per heavy atom. The fourth-order valence-corrected chi connectivity index (χ4v) is 4.87. The lowest BCUT2D eigenvalue weighted by molar-refractivity contribution is -0.126. The van der Waals surface area contributed by atoms with Crippen molar-refractivity contribution in [3.63, 3.8) is 0 Å². The van der Waals surface area contributed by atoms with Gasteiger partial charge in [0.05, 0.1) is 25.4 Å². The van der Waals surface area contributed by atoms with E-state index < -0.39 is 10.0 Å². The summed E-state index contributed by atoms with van der Waals surface area (Å²) in [7, 11) is -1.68. The molecule has 1 amide bonds. The maximum absolute atomic E-state index is 12.6. The van der Waals surface area contributed by atoms with Gasteiger partial charge in [-0.25, -0.2) is 12.7 Å². The van der Waals surface area contributed by atoms with E-state index in [2.05, 4.69) is 5.32 Å². The van der Waals surface area contributed by atoms with Crippen molar-refractivity contribution in [1.82, 2.24) is 9.62 Å². The van der Waals surface area contributed by atoms with Crippen molar-refractivity contribution < 1.29 is 22.7 Å². The van der Waals surface area contributed by atoms with Crippen LogP contribution in [0.2, 0.25) is 0 Å². The number of nitrogens with zero attached hydrogens (tertiary/aromatic N) is 1. The predicted molar refractivity (Wildman–Crippen MR) is 109 cm³/mol. The van der Waals surface area contributed by atoms with Gasteiger partial charge in [-0.3, -0.25) is 4.79 Å². The average Bonchev–Trinajstić information content (AvgIpc) is 2.70. The molecule has 0 spiro atoms. The molecule has 0 aliphatic carbocycles. The molecule has 1 unspecified atom stereocenters. The van der Waals surface area contributed by atoms with Gasteiger partial charge in [-0.05, 0) is 43.4 Å². The minimum Gasteiger partial charge on any atom is -0.493 e. The summed E-state index contributed by atoms with van der Waals surface area (Å²) in [6, 6.07) is 5.59. The summed E-state index contributed by atoms with van der Waals surface area (Å²) in [5, 5.41) is 2.93. The van der Waals surface area contributed by atoms with Crippen molar-refractivity contribution in [3.8, 4) is 11.5 Å². The van der Waals surface area contributed by atoms with Crippen molar-refractivity contribution in [2.75, 3.05) is 32.6 Å². The zero-order chi connectivity index (χ0) is 20.6. The molecule has 7 nitrogen and oxygen atoms in total. The first-order valence-electron chi connectivity index (χ1n) is 9.96. The lowest BCUT2D eigenvalue weighted by Gasteiger charge is -2.31. The number of sulfonamides is 1. The van der Waals surface area contributed by atoms with E-state index in [4.69, 9.17) is 9.47 Å². The fourth-order valence-electron chi connectivity index (χ4n) is 3.28. The molecule has 1 aliphatic heterocycles. The maximum Gasteiger partial charge on any atom is 0.224 e. The van der Waals surface area contributed by atoms with Crippen molar-refractivity contribution in [3.05, 3.63) is 23.8 Å². The minimum absolute atomic E-state index is 0.110. The summed E-state index contributed by atoms with van der Waals surface area (Å²) in [5.41, 5.74) is 0.903. The van der Waals surface area contributed by atoms with Gasteiger partial charge in [-0.15, -0.1) is 0 Å². The third-order valence-corrected chi connectivity index (χ3v) is 6.81. The van der Waals surface area contributed by atoms with Crippen LogP contribution in [0.1, 0.15) is 45.1 Å². The summed E-state index contributed by atoms with van der Waals surface area (Å²) in [4.78, 5) is 12.6. The SMILES string of the molecule is CCCOc1ccc(CNC(=O)C2CCCN(S(=O)(=O)CCC)C2)cc1OC. The van der Waals surface area contributed by atoms with Gasteiger partial charge in [0.25, 0.3) is 0 Å². The number of carbonyl (C=O) groups is 1. The standard InChI is InChI=1S/C20H32N2O5S/c1-4-11-27-18-9-8-16(13-19(18)26-3)14-21-20(23)17-7-6-10-22(15-17)28(24,25)12-5-2/h8-9,13,17H,4-7,10-12,14-15H2,1-3H3,(H,21,23). The number of ether oxygens (including phenoxy) is 2. The number of methoxy groups -OCH3 is 1. The Labute approximate surface area is 168 Å². The van der Waals surface area contributed by atoms with Crippen molar-refractivity contribution in [2.45, 2.75) is 46.1 Å². The van der Waals surface area contributed by atoms with Gasteiger partial charge in [0.2, 0.25) is 15.9 Å². The van der Waals surface area contributed by atoms with Crippen LogP contribution in [0.25, 0.3) is 0 Å². The number of hydrogen-bond acceptors (Lipinski definition) is 5. The Hall–Kier alpha value is -1.80. The van der Waals surface area contributed by atoms with Crippen LogP contribution in [-0.4, -0.2) is 51.2 Å². The Balaban J connectivity index is 1.94. The van der Waals surface area contributed by atoms with E-state index in [1.165, 1.54) is 4.31 Å². The van der Waals surface area contributed by atoms with Gasteiger partial charge in [0.1, 0.15) is 0 Å². The molecule has 28 heavy (non-hydrogen) atoms. The highest BCUT2D eigenvalue weighted by Gasteiger charge is 2.31. The highest BCUT2D eigenvalue weighted by molar-refractivity contribution is 7.89. The number of benzene rings is 1. The highest BCUT2D eigenvalue weighted by atomic mass is 32.2. The fraction of sp³-hybridized carbons (Fsp3) is 0.650. The molecule has 1 aromatic rings. The van der Waals surface area contributed by atoms with Gasteiger partial charge in [-0.2, -0.15) is 0 Å². The van der Waals surface area contributed by atoms with E-state index >= 15 is 0 Å². The monoisotopic (exact) mass is 412 g/mol. The Morgan fingerprint density at radius 1 is 1.25 bits per heavy atom. The lowest BCUT2D eigenvalue weighted by atomic mass is 9.98. The zero-order valence-electron chi connectivity index (χ0n) is 17.1. The van der Waals surface area contributed by atoms with Crippen molar-refractivity contribution >= 4 is 15.9 Å². The second-order valence-corrected chi connectivity index (χ2v) is 9.15. The van der Waals surface area contributed by atoms with E-state index in [0.29, 0.717) is 50.5 Å². The molecule has 0 bridgehead atoms. The summed E-state index contributed by atoms with van der Waals surface area (Å²) in [5.74, 6) is 1.03. The molecule has 2 rings (SSSR count). The molecule has 0 saturated carbocycles. The molecule has 8 heteroatoms. The van der Waals surface area contributed by atoms with E-state index in [1.807, 2.05) is 32.0 Å². The molecule has 1 aliphatic rings. The third-order valence-electron chi connectivity index (χ3n) is 4.77. The zero-order valence-corrected chi connectivity index (χ0v) is 17.9. The first kappa shape index (κ1) is 22.5. The van der Waals surface area contributed by atoms with E-state index in [-0.39, 0.29) is 24.1 Å². The number of amides is 1. The topological polar surface area (TPSA) is 84.9 Å². The molecule has 1 N–H and O–H groups in total. The van der Waals surface area contributed by atoms with Crippen LogP contribution in [0.3, 0.4) is 0 Å². The molecule has 1 fully saturated rings. The number of rotatable bonds is 10. The van der Waals surface area contributed by atoms with E-state index in [0.717, 1.165) is 12.0 Å². The molecule has 158 valence electrons. The molecular weight excluding hydrogens is 380 g/mol. The normalized spacial score (nSPS) is 17.9. The van der Waals surface area contributed by atoms with Gasteiger partial charge >= 0.3 is 0 Å². The van der Waals surface area contributed by atoms with Gasteiger partial charge in [-0.1, -0.05) is 19.9 Å². The largest absolute Gasteiger partial charge is 0.493 e. The second-order valence-electron chi connectivity index (χ2n) is 7.06. The number of piperidine rings is 1. The Kier molecular flexibility index (Phi) is 8.57. The predicted octanol–water partition coefficient (Wildman–Crippen LogP) is 2.55.